The van der Waals surface area contributed by atoms with E-state index in [1.54, 1.807) is 0 Å². The third kappa shape index (κ3) is 2.88. The number of halogens is 2. The van der Waals surface area contributed by atoms with E-state index < -0.39 is 5.95 Å². The van der Waals surface area contributed by atoms with Crippen LogP contribution in [0, 0.1) is 5.95 Å². The number of carbonyl (C=O) groups excluding carboxylic acids is 1. The summed E-state index contributed by atoms with van der Waals surface area (Å²) in [6.07, 6.45) is 0.905. The fraction of sp³-hybridized carbons (Fsp3) is 0.200. The zero-order valence-electron chi connectivity index (χ0n) is 10.5. The molecule has 2 aromatic rings. The molecule has 5 heteroatoms. The normalized spacial score (nSPS) is 20.5. The Morgan fingerprint density at radius 3 is 2.70 bits per heavy atom. The third-order valence-corrected chi connectivity index (χ3v) is 3.88. The molecule has 1 saturated carbocycles. The highest BCUT2D eigenvalue weighted by Crippen LogP contribution is 2.41. The molecule has 0 saturated heterocycles. The minimum Gasteiger partial charge on any atom is -0.347 e. The molecule has 1 amide bonds. The van der Waals surface area contributed by atoms with Gasteiger partial charge >= 0.3 is 0 Å². The summed E-state index contributed by atoms with van der Waals surface area (Å²) in [7, 11) is 0. The van der Waals surface area contributed by atoms with E-state index in [1.807, 2.05) is 24.3 Å². The second-order valence-corrected chi connectivity index (χ2v) is 5.73. The summed E-state index contributed by atoms with van der Waals surface area (Å²) in [5, 5.41) is 2.88. The Morgan fingerprint density at radius 2 is 2.00 bits per heavy atom. The molecule has 102 valence electrons. The van der Waals surface area contributed by atoms with Crippen molar-refractivity contribution in [3.63, 3.8) is 0 Å². The first kappa shape index (κ1) is 13.2. The Labute approximate surface area is 124 Å². The van der Waals surface area contributed by atoms with Crippen molar-refractivity contribution < 1.29 is 9.18 Å². The highest BCUT2D eigenvalue weighted by atomic mass is 79.9. The second kappa shape index (κ2) is 5.32. The Morgan fingerprint density at radius 1 is 1.25 bits per heavy atom. The van der Waals surface area contributed by atoms with E-state index in [2.05, 4.69) is 26.2 Å². The molecule has 20 heavy (non-hydrogen) atoms. The topological polar surface area (TPSA) is 42.0 Å². The summed E-state index contributed by atoms with van der Waals surface area (Å²) in [6, 6.07) is 12.4. The van der Waals surface area contributed by atoms with Crippen LogP contribution in [0.1, 0.15) is 28.4 Å². The Balaban J connectivity index is 1.63. The zero-order valence-corrected chi connectivity index (χ0v) is 12.1. The lowest BCUT2D eigenvalue weighted by Gasteiger charge is -2.04. The van der Waals surface area contributed by atoms with Crippen LogP contribution >= 0.6 is 15.9 Å². The molecular formula is C15H12BrFN2O. The molecule has 1 heterocycles. The predicted octanol–water partition coefficient (Wildman–Crippen LogP) is 3.27. The maximum absolute atomic E-state index is 13.0. The van der Waals surface area contributed by atoms with Gasteiger partial charge in [0.1, 0.15) is 5.69 Å². The van der Waals surface area contributed by atoms with Crippen LogP contribution in [-0.2, 0) is 0 Å². The number of nitrogens with zero attached hydrogens (tertiary/aromatic N) is 1. The summed E-state index contributed by atoms with van der Waals surface area (Å²) in [4.78, 5) is 15.5. The quantitative estimate of drug-likeness (QED) is 0.875. The molecule has 1 N–H and O–H groups in total. The predicted molar refractivity (Wildman–Crippen MR) is 76.9 cm³/mol. The number of nitrogens with one attached hydrogen (secondary N) is 1. The maximum atomic E-state index is 13.0. The van der Waals surface area contributed by atoms with Crippen molar-refractivity contribution >= 4 is 21.8 Å². The maximum Gasteiger partial charge on any atom is 0.270 e. The van der Waals surface area contributed by atoms with Gasteiger partial charge in [0.05, 0.1) is 0 Å². The zero-order chi connectivity index (χ0) is 14.1. The van der Waals surface area contributed by atoms with Crippen molar-refractivity contribution in [3.05, 3.63) is 64.1 Å². The number of benzene rings is 1. The van der Waals surface area contributed by atoms with Crippen LogP contribution in [0.25, 0.3) is 0 Å². The van der Waals surface area contributed by atoms with Gasteiger partial charge in [-0.15, -0.1) is 0 Å². The molecule has 1 aliphatic rings. The number of aromatic nitrogens is 1. The van der Waals surface area contributed by atoms with E-state index in [0.29, 0.717) is 5.92 Å². The first-order valence-electron chi connectivity index (χ1n) is 6.32. The van der Waals surface area contributed by atoms with Gasteiger partial charge < -0.3 is 5.32 Å². The SMILES string of the molecule is O=C(N[C@H]1C[C@@H]1c1ccc(Br)cc1)c1cccc(F)n1. The van der Waals surface area contributed by atoms with Crippen LogP contribution in [0.15, 0.2) is 46.9 Å². The van der Waals surface area contributed by atoms with Crippen molar-refractivity contribution in [1.29, 1.82) is 0 Å². The van der Waals surface area contributed by atoms with Crippen molar-refractivity contribution in [2.75, 3.05) is 0 Å². The first-order valence-corrected chi connectivity index (χ1v) is 7.11. The molecule has 0 unspecified atom stereocenters. The average Bonchev–Trinajstić information content (AvgIpc) is 3.19. The Bertz CT molecular complexity index is 645. The lowest BCUT2D eigenvalue weighted by molar-refractivity contribution is 0.0944. The number of carbonyl (C=O) groups is 1. The van der Waals surface area contributed by atoms with E-state index in [4.69, 9.17) is 0 Å². The number of hydrogen-bond acceptors (Lipinski definition) is 2. The fourth-order valence-electron chi connectivity index (χ4n) is 2.21. The standard InChI is InChI=1S/C15H12BrFN2O/c16-10-6-4-9(5-7-10)11-8-13(11)19-15(20)12-2-1-3-14(17)18-12/h1-7,11,13H,8H2,(H,19,20)/t11-,13+/m1/s1. The summed E-state index contributed by atoms with van der Waals surface area (Å²) in [5.74, 6) is -0.632. The third-order valence-electron chi connectivity index (χ3n) is 3.35. The van der Waals surface area contributed by atoms with Crippen LogP contribution in [0.4, 0.5) is 4.39 Å². The lowest BCUT2D eigenvalue weighted by Crippen LogP contribution is -2.27. The van der Waals surface area contributed by atoms with Crippen LogP contribution in [0.3, 0.4) is 0 Å². The monoisotopic (exact) mass is 334 g/mol. The van der Waals surface area contributed by atoms with E-state index in [-0.39, 0.29) is 17.6 Å². The highest BCUT2D eigenvalue weighted by molar-refractivity contribution is 9.10. The van der Waals surface area contributed by atoms with Gasteiger partial charge in [-0.3, -0.25) is 4.79 Å². The minimum absolute atomic E-state index is 0.105. The van der Waals surface area contributed by atoms with Gasteiger partial charge in [-0.2, -0.15) is 4.39 Å². The Hall–Kier alpha value is -1.75. The lowest BCUT2D eigenvalue weighted by atomic mass is 10.1. The van der Waals surface area contributed by atoms with Gasteiger partial charge in [-0.05, 0) is 36.2 Å². The van der Waals surface area contributed by atoms with E-state index in [0.717, 1.165) is 10.9 Å². The van der Waals surface area contributed by atoms with Crippen LogP contribution in [0.5, 0.6) is 0 Å². The molecule has 0 bridgehead atoms. The van der Waals surface area contributed by atoms with Crippen LogP contribution < -0.4 is 5.32 Å². The number of hydrogen-bond donors (Lipinski definition) is 1. The van der Waals surface area contributed by atoms with E-state index >= 15 is 0 Å². The van der Waals surface area contributed by atoms with Crippen LogP contribution in [-0.4, -0.2) is 16.9 Å². The minimum atomic E-state index is -0.641. The van der Waals surface area contributed by atoms with Gasteiger partial charge in [0.25, 0.3) is 5.91 Å². The summed E-state index contributed by atoms with van der Waals surface area (Å²) in [5.41, 5.74) is 1.32. The molecule has 1 aromatic heterocycles. The number of pyridine rings is 1. The van der Waals surface area contributed by atoms with Gasteiger partial charge in [0, 0.05) is 16.4 Å². The second-order valence-electron chi connectivity index (χ2n) is 4.82. The molecule has 1 fully saturated rings. The smallest absolute Gasteiger partial charge is 0.270 e. The molecule has 1 aliphatic carbocycles. The molecule has 0 spiro atoms. The van der Waals surface area contributed by atoms with Crippen molar-refractivity contribution in [2.24, 2.45) is 0 Å². The van der Waals surface area contributed by atoms with Crippen molar-refractivity contribution in [1.82, 2.24) is 10.3 Å². The first-order chi connectivity index (χ1) is 9.63. The molecular weight excluding hydrogens is 323 g/mol. The van der Waals surface area contributed by atoms with Crippen molar-refractivity contribution in [2.45, 2.75) is 18.4 Å². The van der Waals surface area contributed by atoms with E-state index in [9.17, 15) is 9.18 Å². The van der Waals surface area contributed by atoms with Gasteiger partial charge in [0.2, 0.25) is 5.95 Å². The van der Waals surface area contributed by atoms with Crippen molar-refractivity contribution in [3.8, 4) is 0 Å². The van der Waals surface area contributed by atoms with E-state index in [1.165, 1.54) is 23.8 Å². The summed E-state index contributed by atoms with van der Waals surface area (Å²) in [6.45, 7) is 0. The average molecular weight is 335 g/mol. The van der Waals surface area contributed by atoms with Gasteiger partial charge in [0.15, 0.2) is 0 Å². The molecule has 0 aliphatic heterocycles. The summed E-state index contributed by atoms with van der Waals surface area (Å²) >= 11 is 3.39. The van der Waals surface area contributed by atoms with Crippen LogP contribution in [0.2, 0.25) is 0 Å². The molecule has 3 rings (SSSR count). The van der Waals surface area contributed by atoms with Gasteiger partial charge in [-0.1, -0.05) is 34.1 Å². The molecule has 2 atom stereocenters. The Kier molecular flexibility index (Phi) is 3.53. The highest BCUT2D eigenvalue weighted by Gasteiger charge is 2.39. The molecule has 0 radical (unpaired) electrons. The van der Waals surface area contributed by atoms with Gasteiger partial charge in [-0.25, -0.2) is 4.98 Å². The number of amides is 1. The molecule has 3 nitrogen and oxygen atoms in total. The number of rotatable bonds is 3. The summed E-state index contributed by atoms with van der Waals surface area (Å²) < 4.78 is 14.0. The fourth-order valence-corrected chi connectivity index (χ4v) is 2.47. The molecule has 1 aromatic carbocycles. The largest absolute Gasteiger partial charge is 0.347 e.